The summed E-state index contributed by atoms with van der Waals surface area (Å²) in [5.41, 5.74) is 4.17. The quantitative estimate of drug-likeness (QED) is 0.703. The molecule has 1 amide bonds. The highest BCUT2D eigenvalue weighted by Crippen LogP contribution is 2.35. The number of amides is 1. The molecule has 5 rings (SSSR count). The summed E-state index contributed by atoms with van der Waals surface area (Å²) in [6.45, 7) is 1.69. The Morgan fingerprint density at radius 3 is 2.60 bits per heavy atom. The van der Waals surface area contributed by atoms with E-state index >= 15 is 0 Å². The Balaban J connectivity index is 1.36. The van der Waals surface area contributed by atoms with Crippen molar-refractivity contribution in [2.24, 2.45) is 11.8 Å². The predicted octanol–water partition coefficient (Wildman–Crippen LogP) is 5.33. The predicted molar refractivity (Wildman–Crippen MR) is 118 cm³/mol. The monoisotopic (exact) mass is 406 g/mol. The van der Waals surface area contributed by atoms with Gasteiger partial charge in [0.1, 0.15) is 5.82 Å². The smallest absolute Gasteiger partial charge is 0.242 e. The van der Waals surface area contributed by atoms with E-state index in [9.17, 15) is 9.18 Å². The van der Waals surface area contributed by atoms with E-state index in [4.69, 9.17) is 0 Å². The second-order valence-corrected chi connectivity index (χ2v) is 9.43. The maximum Gasteiger partial charge on any atom is 0.242 e. The summed E-state index contributed by atoms with van der Waals surface area (Å²) in [4.78, 5) is 15.8. The topological polar surface area (TPSA) is 32.3 Å². The molecule has 0 spiro atoms. The van der Waals surface area contributed by atoms with E-state index in [-0.39, 0.29) is 17.8 Å². The van der Waals surface area contributed by atoms with Gasteiger partial charge in [0.05, 0.1) is 11.7 Å². The highest BCUT2D eigenvalue weighted by Gasteiger charge is 2.37. The van der Waals surface area contributed by atoms with Crippen LogP contribution in [0.15, 0.2) is 42.5 Å². The molecule has 1 N–H and O–H groups in total. The summed E-state index contributed by atoms with van der Waals surface area (Å²) in [7, 11) is 0. The number of carbonyl (C=O) groups is 1. The Bertz CT molecular complexity index is 917. The van der Waals surface area contributed by atoms with Crippen LogP contribution in [0.5, 0.6) is 0 Å². The Labute approximate surface area is 178 Å². The second kappa shape index (κ2) is 8.50. The van der Waals surface area contributed by atoms with Crippen molar-refractivity contribution >= 4 is 11.6 Å². The third-order valence-electron chi connectivity index (χ3n) is 7.18. The van der Waals surface area contributed by atoms with Crippen molar-refractivity contribution in [3.05, 3.63) is 65.0 Å². The van der Waals surface area contributed by atoms with Crippen LogP contribution < -0.4 is 5.32 Å². The van der Waals surface area contributed by atoms with Crippen LogP contribution in [0.25, 0.3) is 0 Å². The zero-order valence-corrected chi connectivity index (χ0v) is 17.6. The molecule has 2 aliphatic carbocycles. The fourth-order valence-electron chi connectivity index (χ4n) is 5.36. The maximum absolute atomic E-state index is 14.5. The highest BCUT2D eigenvalue weighted by atomic mass is 19.1. The molecule has 0 bridgehead atoms. The van der Waals surface area contributed by atoms with Gasteiger partial charge in [-0.15, -0.1) is 0 Å². The summed E-state index contributed by atoms with van der Waals surface area (Å²) in [5, 5.41) is 2.99. The lowest BCUT2D eigenvalue weighted by Crippen LogP contribution is -2.50. The number of nitrogens with zero attached hydrogens (tertiary/aromatic N) is 1. The summed E-state index contributed by atoms with van der Waals surface area (Å²) in [6.07, 6.45) is 9.02. The fraction of sp³-hybridized carbons (Fsp3) is 0.500. The Morgan fingerprint density at radius 1 is 1.07 bits per heavy atom. The zero-order chi connectivity index (χ0) is 20.5. The van der Waals surface area contributed by atoms with Gasteiger partial charge in [-0.2, -0.15) is 0 Å². The molecule has 1 unspecified atom stereocenters. The van der Waals surface area contributed by atoms with E-state index in [0.29, 0.717) is 11.6 Å². The molecule has 158 valence electrons. The van der Waals surface area contributed by atoms with Crippen molar-refractivity contribution < 1.29 is 9.18 Å². The molecule has 2 aromatic rings. The summed E-state index contributed by atoms with van der Waals surface area (Å²) < 4.78 is 14.5. The van der Waals surface area contributed by atoms with Gasteiger partial charge in [-0.1, -0.05) is 43.2 Å². The molecule has 2 fully saturated rings. The molecule has 2 saturated carbocycles. The van der Waals surface area contributed by atoms with Gasteiger partial charge in [-0.05, 0) is 79.2 Å². The van der Waals surface area contributed by atoms with Gasteiger partial charge < -0.3 is 5.32 Å². The first-order chi connectivity index (χ1) is 14.7. The van der Waals surface area contributed by atoms with Gasteiger partial charge in [-0.25, -0.2) is 4.39 Å². The normalized spacial score (nSPS) is 20.7. The van der Waals surface area contributed by atoms with E-state index in [1.165, 1.54) is 42.9 Å². The van der Waals surface area contributed by atoms with Gasteiger partial charge >= 0.3 is 0 Å². The lowest BCUT2D eigenvalue weighted by molar-refractivity contribution is -0.123. The fourth-order valence-corrected chi connectivity index (χ4v) is 5.36. The first-order valence-corrected chi connectivity index (χ1v) is 11.6. The summed E-state index contributed by atoms with van der Waals surface area (Å²) in [6, 6.07) is 13.6. The van der Waals surface area contributed by atoms with Crippen LogP contribution in [-0.2, 0) is 24.2 Å². The number of carbonyl (C=O) groups excluding carboxylic acids is 1. The van der Waals surface area contributed by atoms with Crippen LogP contribution in [0.2, 0.25) is 0 Å². The van der Waals surface area contributed by atoms with E-state index in [1.54, 1.807) is 0 Å². The Hall–Kier alpha value is -2.20. The SMILES string of the molecule is O=C(Nc1cc(CC2CC2)ccc1F)C(C1CCCC1)N1CCc2ccccc2C1. The largest absolute Gasteiger partial charge is 0.322 e. The second-order valence-electron chi connectivity index (χ2n) is 9.43. The first kappa shape index (κ1) is 19.7. The average Bonchev–Trinajstić information content (AvgIpc) is 3.41. The average molecular weight is 407 g/mol. The lowest BCUT2D eigenvalue weighted by Gasteiger charge is -2.37. The molecular formula is C26H31FN2O. The first-order valence-electron chi connectivity index (χ1n) is 11.6. The number of hydrogen-bond acceptors (Lipinski definition) is 2. The third-order valence-corrected chi connectivity index (χ3v) is 7.18. The van der Waals surface area contributed by atoms with E-state index < -0.39 is 0 Å². The van der Waals surface area contributed by atoms with Gasteiger partial charge in [-0.3, -0.25) is 9.69 Å². The molecule has 1 aliphatic heterocycles. The van der Waals surface area contributed by atoms with Crippen LogP contribution in [-0.4, -0.2) is 23.4 Å². The molecular weight excluding hydrogens is 375 g/mol. The van der Waals surface area contributed by atoms with E-state index in [2.05, 4.69) is 34.5 Å². The number of fused-ring (bicyclic) bond motifs is 1. The molecule has 0 aromatic heterocycles. The molecule has 3 nitrogen and oxygen atoms in total. The Kier molecular flexibility index (Phi) is 5.60. The van der Waals surface area contributed by atoms with Gasteiger partial charge in [0.25, 0.3) is 0 Å². The van der Waals surface area contributed by atoms with Crippen molar-refractivity contribution in [1.29, 1.82) is 0 Å². The van der Waals surface area contributed by atoms with Crippen LogP contribution >= 0.6 is 0 Å². The van der Waals surface area contributed by atoms with Crippen LogP contribution in [0, 0.1) is 17.7 Å². The van der Waals surface area contributed by atoms with Gasteiger partial charge in [0, 0.05) is 13.1 Å². The summed E-state index contributed by atoms with van der Waals surface area (Å²) in [5.74, 6) is 0.715. The van der Waals surface area contributed by atoms with Gasteiger partial charge in [0.15, 0.2) is 0 Å². The number of anilines is 1. The lowest BCUT2D eigenvalue weighted by atomic mass is 9.91. The van der Waals surface area contributed by atoms with Crippen molar-refractivity contribution in [1.82, 2.24) is 4.90 Å². The Morgan fingerprint density at radius 2 is 1.83 bits per heavy atom. The van der Waals surface area contributed by atoms with Crippen molar-refractivity contribution in [3.63, 3.8) is 0 Å². The minimum atomic E-state index is -0.336. The number of hydrogen-bond donors (Lipinski definition) is 1. The van der Waals surface area contributed by atoms with Crippen molar-refractivity contribution in [2.45, 2.75) is 64.0 Å². The molecule has 3 aliphatic rings. The van der Waals surface area contributed by atoms with Crippen molar-refractivity contribution in [2.75, 3.05) is 11.9 Å². The van der Waals surface area contributed by atoms with Crippen molar-refractivity contribution in [3.8, 4) is 0 Å². The number of halogens is 1. The summed E-state index contributed by atoms with van der Waals surface area (Å²) >= 11 is 0. The minimum absolute atomic E-state index is 0.0382. The molecule has 1 atom stereocenters. The molecule has 4 heteroatoms. The minimum Gasteiger partial charge on any atom is -0.322 e. The number of rotatable bonds is 6. The van der Waals surface area contributed by atoms with Crippen LogP contribution in [0.3, 0.4) is 0 Å². The van der Waals surface area contributed by atoms with E-state index in [0.717, 1.165) is 50.3 Å². The molecule has 1 heterocycles. The molecule has 2 aromatic carbocycles. The molecule has 0 radical (unpaired) electrons. The molecule has 30 heavy (non-hydrogen) atoms. The number of nitrogens with one attached hydrogen (secondary N) is 1. The van der Waals surface area contributed by atoms with E-state index in [1.807, 2.05) is 12.1 Å². The molecule has 0 saturated heterocycles. The third kappa shape index (κ3) is 4.29. The van der Waals surface area contributed by atoms with Crippen LogP contribution in [0.1, 0.15) is 55.2 Å². The van der Waals surface area contributed by atoms with Gasteiger partial charge in [0.2, 0.25) is 5.91 Å². The zero-order valence-electron chi connectivity index (χ0n) is 17.6. The number of benzene rings is 2. The highest BCUT2D eigenvalue weighted by molar-refractivity contribution is 5.95. The maximum atomic E-state index is 14.5. The standard InChI is InChI=1S/C26H31FN2O/c27-23-12-11-19(15-18-9-10-18)16-24(23)28-26(30)25(21-6-2-3-7-21)29-14-13-20-5-1-4-8-22(20)17-29/h1,4-5,8,11-12,16,18,21,25H,2-3,6-7,9-10,13-15,17H2,(H,28,30). The van der Waals surface area contributed by atoms with Crippen LogP contribution in [0.4, 0.5) is 10.1 Å².